The van der Waals surface area contributed by atoms with Crippen LogP contribution >= 0.6 is 0 Å². The van der Waals surface area contributed by atoms with Gasteiger partial charge in [0.1, 0.15) is 11.6 Å². The average molecular weight is 449 g/mol. The van der Waals surface area contributed by atoms with Gasteiger partial charge < -0.3 is 26.6 Å². The number of aliphatic hydroxyl groups is 1. The van der Waals surface area contributed by atoms with Crippen molar-refractivity contribution in [3.8, 4) is 5.75 Å². The number of amides is 1. The Morgan fingerprint density at radius 1 is 1.12 bits per heavy atom. The van der Waals surface area contributed by atoms with Crippen molar-refractivity contribution >= 4 is 17.4 Å². The summed E-state index contributed by atoms with van der Waals surface area (Å²) in [5, 5.41) is 26.5. The number of aliphatic hydroxyl groups excluding tert-OH is 1. The van der Waals surface area contributed by atoms with E-state index < -0.39 is 6.10 Å². The maximum Gasteiger partial charge on any atom is 0.228 e. The van der Waals surface area contributed by atoms with Crippen molar-refractivity contribution in [1.82, 2.24) is 10.3 Å². The number of nitrogen functional groups attached to an aromatic ring is 1. The number of nitrogens with one attached hydrogen (secondary N) is 2. The molecule has 0 unspecified atom stereocenters. The average Bonchev–Trinajstić information content (AvgIpc) is 2.75. The minimum absolute atomic E-state index is 0.145. The lowest BCUT2D eigenvalue weighted by atomic mass is 9.93. The molecule has 0 aliphatic carbocycles. The van der Waals surface area contributed by atoms with E-state index in [2.05, 4.69) is 29.5 Å². The lowest BCUT2D eigenvalue weighted by Crippen LogP contribution is -2.43. The summed E-state index contributed by atoms with van der Waals surface area (Å²) in [4.78, 5) is 16.5. The van der Waals surface area contributed by atoms with Crippen LogP contribution in [0.5, 0.6) is 5.75 Å². The molecule has 33 heavy (non-hydrogen) atoms. The zero-order chi connectivity index (χ0) is 24.0. The van der Waals surface area contributed by atoms with Crippen LogP contribution in [0.15, 0.2) is 60.8 Å². The van der Waals surface area contributed by atoms with Gasteiger partial charge in [-0.3, -0.25) is 4.79 Å². The zero-order valence-corrected chi connectivity index (χ0v) is 19.3. The smallest absolute Gasteiger partial charge is 0.228 e. The van der Waals surface area contributed by atoms with Crippen molar-refractivity contribution in [2.24, 2.45) is 0 Å². The van der Waals surface area contributed by atoms with Crippen LogP contribution in [-0.4, -0.2) is 33.2 Å². The minimum Gasteiger partial charge on any atom is -0.508 e. The first kappa shape index (κ1) is 24.2. The Balaban J connectivity index is 1.56. The molecule has 0 bridgehead atoms. The molecule has 1 heterocycles. The molecule has 0 fully saturated rings. The molecule has 7 heteroatoms. The van der Waals surface area contributed by atoms with E-state index in [0.29, 0.717) is 23.6 Å². The maximum atomic E-state index is 12.5. The van der Waals surface area contributed by atoms with Gasteiger partial charge in [0.05, 0.1) is 12.5 Å². The number of carbonyl (C=O) groups is 1. The summed E-state index contributed by atoms with van der Waals surface area (Å²) in [6.07, 6.45) is 1.86. The number of hydrogen-bond acceptors (Lipinski definition) is 6. The van der Waals surface area contributed by atoms with E-state index in [-0.39, 0.29) is 23.6 Å². The predicted molar refractivity (Wildman–Crippen MR) is 131 cm³/mol. The quantitative estimate of drug-likeness (QED) is 0.342. The van der Waals surface area contributed by atoms with Crippen LogP contribution in [0.4, 0.5) is 11.5 Å². The normalized spacial score (nSPS) is 12.4. The number of phenolic OH excluding ortho intramolecular Hbond substituents is 1. The highest BCUT2D eigenvalue weighted by atomic mass is 16.3. The number of rotatable bonds is 9. The van der Waals surface area contributed by atoms with Gasteiger partial charge in [0.15, 0.2) is 0 Å². The van der Waals surface area contributed by atoms with Crippen molar-refractivity contribution in [2.45, 2.75) is 45.3 Å². The largest absolute Gasteiger partial charge is 0.508 e. The summed E-state index contributed by atoms with van der Waals surface area (Å²) in [5.74, 6) is 0.431. The number of pyridine rings is 1. The number of phenols is 1. The van der Waals surface area contributed by atoms with Gasteiger partial charge in [0, 0.05) is 35.6 Å². The number of anilines is 2. The molecule has 0 radical (unpaired) electrons. The Morgan fingerprint density at radius 3 is 2.58 bits per heavy atom. The maximum absolute atomic E-state index is 12.5. The van der Waals surface area contributed by atoms with Gasteiger partial charge >= 0.3 is 0 Å². The lowest BCUT2D eigenvalue weighted by Gasteiger charge is -2.28. The summed E-state index contributed by atoms with van der Waals surface area (Å²) < 4.78 is 0. The van der Waals surface area contributed by atoms with Crippen molar-refractivity contribution in [1.29, 1.82) is 0 Å². The number of β-amino-alcohol motifs (C(OH)–C–C–N with tert-alkyl or cyclic N) is 1. The molecule has 174 valence electrons. The van der Waals surface area contributed by atoms with E-state index in [1.807, 2.05) is 24.3 Å². The fourth-order valence-corrected chi connectivity index (χ4v) is 3.60. The van der Waals surface area contributed by atoms with E-state index in [4.69, 9.17) is 5.73 Å². The third kappa shape index (κ3) is 7.30. The van der Waals surface area contributed by atoms with Crippen LogP contribution < -0.4 is 16.4 Å². The van der Waals surface area contributed by atoms with Crippen LogP contribution in [0.25, 0.3) is 0 Å². The van der Waals surface area contributed by atoms with Crippen LogP contribution in [-0.2, 0) is 17.6 Å². The Bertz CT molecular complexity index is 1100. The van der Waals surface area contributed by atoms with E-state index in [1.165, 1.54) is 0 Å². The van der Waals surface area contributed by atoms with Crippen molar-refractivity contribution in [3.05, 3.63) is 83.0 Å². The number of hydrogen-bond donors (Lipinski definition) is 5. The Hall–Kier alpha value is -3.42. The highest BCUT2D eigenvalue weighted by Crippen LogP contribution is 2.21. The number of benzene rings is 2. The van der Waals surface area contributed by atoms with Crippen LogP contribution in [0.3, 0.4) is 0 Å². The van der Waals surface area contributed by atoms with Crippen LogP contribution in [0.2, 0.25) is 0 Å². The molecule has 0 aliphatic rings. The molecule has 1 atom stereocenters. The molecule has 0 aliphatic heterocycles. The first-order chi connectivity index (χ1) is 15.6. The molecular weight excluding hydrogens is 416 g/mol. The number of aromatic hydroxyl groups is 1. The summed E-state index contributed by atoms with van der Waals surface area (Å²) in [6.45, 7) is 6.33. The van der Waals surface area contributed by atoms with Gasteiger partial charge in [-0.15, -0.1) is 0 Å². The summed E-state index contributed by atoms with van der Waals surface area (Å²) >= 11 is 0. The highest BCUT2D eigenvalue weighted by Gasteiger charge is 2.20. The molecule has 1 amide bonds. The summed E-state index contributed by atoms with van der Waals surface area (Å²) in [7, 11) is 0. The number of aryl methyl sites for hydroxylation is 1. The van der Waals surface area contributed by atoms with E-state index in [1.54, 1.807) is 43.5 Å². The summed E-state index contributed by atoms with van der Waals surface area (Å²) in [6, 6.07) is 16.5. The number of nitrogens with two attached hydrogens (primary N) is 1. The predicted octanol–water partition coefficient (Wildman–Crippen LogP) is 3.50. The fraction of sp³-hybridized carbons (Fsp3) is 0.308. The van der Waals surface area contributed by atoms with Crippen LogP contribution in [0.1, 0.15) is 42.2 Å². The molecule has 7 nitrogen and oxygen atoms in total. The first-order valence-electron chi connectivity index (χ1n) is 10.9. The molecular formula is C26H32N4O3. The number of aromatic nitrogens is 1. The molecule has 0 saturated carbocycles. The SMILES string of the molecule is Cc1ccc(NC(=O)Cc2cccc(CC(C)(C)NC[C@H](O)c3ccc(N)nc3)c2)cc1O. The lowest BCUT2D eigenvalue weighted by molar-refractivity contribution is -0.115. The third-order valence-electron chi connectivity index (χ3n) is 5.46. The number of carbonyl (C=O) groups excluding carboxylic acids is 1. The molecule has 0 spiro atoms. The second kappa shape index (κ2) is 10.5. The Morgan fingerprint density at radius 2 is 1.88 bits per heavy atom. The third-order valence-corrected chi connectivity index (χ3v) is 5.46. The van der Waals surface area contributed by atoms with Crippen LogP contribution in [0, 0.1) is 6.92 Å². The van der Waals surface area contributed by atoms with E-state index in [0.717, 1.165) is 23.1 Å². The Labute approximate surface area is 194 Å². The second-order valence-corrected chi connectivity index (χ2v) is 9.02. The molecule has 1 aromatic heterocycles. The summed E-state index contributed by atoms with van der Waals surface area (Å²) in [5.41, 5.74) is 9.37. The topological polar surface area (TPSA) is 120 Å². The zero-order valence-electron chi connectivity index (χ0n) is 19.3. The van der Waals surface area contributed by atoms with Crippen molar-refractivity contribution < 1.29 is 15.0 Å². The van der Waals surface area contributed by atoms with Gasteiger partial charge in [0.25, 0.3) is 0 Å². The van der Waals surface area contributed by atoms with Gasteiger partial charge in [-0.1, -0.05) is 36.4 Å². The van der Waals surface area contributed by atoms with Crippen molar-refractivity contribution in [3.63, 3.8) is 0 Å². The number of nitrogens with zero attached hydrogens (tertiary/aromatic N) is 1. The molecule has 0 saturated heterocycles. The van der Waals surface area contributed by atoms with Gasteiger partial charge in [0.2, 0.25) is 5.91 Å². The molecule has 2 aromatic carbocycles. The van der Waals surface area contributed by atoms with E-state index >= 15 is 0 Å². The Kier molecular flexibility index (Phi) is 7.68. The molecule has 6 N–H and O–H groups in total. The standard InChI is InChI=1S/C26H32N4O3/c1-17-7-9-21(13-22(17)31)30-25(33)12-18-5-4-6-19(11-18)14-26(2,3)29-16-23(32)20-8-10-24(27)28-15-20/h4-11,13,15,23,29,31-32H,12,14,16H2,1-3H3,(H2,27,28)(H,30,33)/t23-/m0/s1. The van der Waals surface area contributed by atoms with Crippen molar-refractivity contribution in [2.75, 3.05) is 17.6 Å². The van der Waals surface area contributed by atoms with E-state index in [9.17, 15) is 15.0 Å². The highest BCUT2D eigenvalue weighted by molar-refractivity contribution is 5.92. The second-order valence-electron chi connectivity index (χ2n) is 9.02. The van der Waals surface area contributed by atoms with Gasteiger partial charge in [-0.25, -0.2) is 4.98 Å². The first-order valence-corrected chi connectivity index (χ1v) is 10.9. The van der Waals surface area contributed by atoms with Gasteiger partial charge in [-0.2, -0.15) is 0 Å². The molecule has 3 rings (SSSR count). The van der Waals surface area contributed by atoms with Gasteiger partial charge in [-0.05, 0) is 56.0 Å². The molecule has 3 aromatic rings. The monoisotopic (exact) mass is 448 g/mol. The minimum atomic E-state index is -0.686. The fourth-order valence-electron chi connectivity index (χ4n) is 3.60.